The minimum absolute atomic E-state index is 0. The van der Waals surface area contributed by atoms with Gasteiger partial charge in [0.25, 0.3) is 5.91 Å². The van der Waals surface area contributed by atoms with E-state index in [0.29, 0.717) is 0 Å². The van der Waals surface area contributed by atoms with Crippen molar-refractivity contribution in [2.75, 3.05) is 5.73 Å². The number of nitrogens with two attached hydrogens (primary N) is 2. The lowest BCUT2D eigenvalue weighted by Gasteiger charge is -1.95. The van der Waals surface area contributed by atoms with Crippen molar-refractivity contribution >= 4 is 24.1 Å². The number of anilines is 1. The van der Waals surface area contributed by atoms with Gasteiger partial charge in [-0.1, -0.05) is 0 Å². The molecule has 1 heterocycles. The van der Waals surface area contributed by atoms with E-state index in [4.69, 9.17) is 11.5 Å². The molecular weight excluding hydrogens is 168 g/mol. The fourth-order valence-electron chi connectivity index (χ4n) is 0.748. The highest BCUT2D eigenvalue weighted by molar-refractivity contribution is 5.95. The molecule has 1 rings (SSSR count). The average molecular weight is 177 g/mol. The minimum Gasteiger partial charge on any atom is -0.382 e. The summed E-state index contributed by atoms with van der Waals surface area (Å²) in [6.07, 6.45) is 1.44. The van der Waals surface area contributed by atoms with Gasteiger partial charge in [0.05, 0.1) is 6.33 Å². The predicted molar refractivity (Wildman–Crippen MR) is 43.4 cm³/mol. The van der Waals surface area contributed by atoms with E-state index >= 15 is 0 Å². The molecule has 0 radical (unpaired) electrons. The molecule has 0 unspecified atom stereocenters. The molecule has 0 saturated heterocycles. The number of carbonyl (C=O) groups excluding carboxylic acids is 1. The SMILES string of the molecule is Cl.Cn1cnc(N)c1C(N)=O. The van der Waals surface area contributed by atoms with Crippen LogP contribution in [0.2, 0.25) is 0 Å². The van der Waals surface area contributed by atoms with Gasteiger partial charge in [-0.2, -0.15) is 0 Å². The Labute approximate surface area is 69.8 Å². The normalized spacial score (nSPS) is 8.82. The van der Waals surface area contributed by atoms with Crippen molar-refractivity contribution in [2.45, 2.75) is 0 Å². The van der Waals surface area contributed by atoms with Crippen LogP contribution in [0.5, 0.6) is 0 Å². The van der Waals surface area contributed by atoms with E-state index in [0.717, 1.165) is 0 Å². The Hall–Kier alpha value is -1.23. The Morgan fingerprint density at radius 1 is 1.73 bits per heavy atom. The third-order valence-corrected chi connectivity index (χ3v) is 1.20. The van der Waals surface area contributed by atoms with Gasteiger partial charge in [-0.3, -0.25) is 4.79 Å². The molecular formula is C5H9ClN4O. The molecule has 1 aromatic heterocycles. The van der Waals surface area contributed by atoms with Crippen LogP contribution < -0.4 is 11.5 Å². The van der Waals surface area contributed by atoms with E-state index in [-0.39, 0.29) is 23.9 Å². The topological polar surface area (TPSA) is 86.9 Å². The fourth-order valence-corrected chi connectivity index (χ4v) is 0.748. The summed E-state index contributed by atoms with van der Waals surface area (Å²) >= 11 is 0. The number of hydrogen-bond acceptors (Lipinski definition) is 3. The first kappa shape index (κ1) is 9.77. The maximum absolute atomic E-state index is 10.6. The zero-order valence-electron chi connectivity index (χ0n) is 5.94. The second-order valence-electron chi connectivity index (χ2n) is 1.95. The first-order chi connectivity index (χ1) is 4.63. The van der Waals surface area contributed by atoms with Crippen LogP contribution in [-0.4, -0.2) is 15.5 Å². The number of hydrogen-bond donors (Lipinski definition) is 2. The molecule has 0 atom stereocenters. The summed E-state index contributed by atoms with van der Waals surface area (Å²) < 4.78 is 1.48. The van der Waals surface area contributed by atoms with Crippen molar-refractivity contribution in [1.29, 1.82) is 0 Å². The largest absolute Gasteiger partial charge is 0.382 e. The number of nitrogen functional groups attached to an aromatic ring is 1. The molecule has 0 saturated carbocycles. The highest BCUT2D eigenvalue weighted by Crippen LogP contribution is 2.05. The molecule has 5 nitrogen and oxygen atoms in total. The number of carbonyl (C=O) groups is 1. The summed E-state index contributed by atoms with van der Waals surface area (Å²) in [4.78, 5) is 14.3. The van der Waals surface area contributed by atoms with E-state index in [1.54, 1.807) is 7.05 Å². The lowest BCUT2D eigenvalue weighted by atomic mass is 10.4. The number of aryl methyl sites for hydroxylation is 1. The molecule has 0 spiro atoms. The molecule has 62 valence electrons. The molecule has 0 bridgehead atoms. The highest BCUT2D eigenvalue weighted by Gasteiger charge is 2.09. The van der Waals surface area contributed by atoms with Crippen LogP contribution in [0.25, 0.3) is 0 Å². The van der Waals surface area contributed by atoms with E-state index in [2.05, 4.69) is 4.98 Å². The van der Waals surface area contributed by atoms with Crippen LogP contribution in [0, 0.1) is 0 Å². The van der Waals surface area contributed by atoms with Crippen molar-refractivity contribution in [3.05, 3.63) is 12.0 Å². The van der Waals surface area contributed by atoms with Crippen LogP contribution in [-0.2, 0) is 7.05 Å². The predicted octanol–water partition coefficient (Wildman–Crippen LogP) is -0.477. The van der Waals surface area contributed by atoms with Crippen molar-refractivity contribution < 1.29 is 4.79 Å². The second kappa shape index (κ2) is 3.25. The van der Waals surface area contributed by atoms with Gasteiger partial charge < -0.3 is 16.0 Å². The molecule has 11 heavy (non-hydrogen) atoms. The van der Waals surface area contributed by atoms with Gasteiger partial charge in [0, 0.05) is 7.05 Å². The number of aromatic nitrogens is 2. The molecule has 1 aromatic rings. The Morgan fingerprint density at radius 3 is 2.45 bits per heavy atom. The van der Waals surface area contributed by atoms with E-state index in [9.17, 15) is 4.79 Å². The minimum atomic E-state index is -0.558. The Balaban J connectivity index is 0.000001000. The number of halogens is 1. The molecule has 0 fully saturated rings. The molecule has 1 amide bonds. The van der Waals surface area contributed by atoms with Gasteiger partial charge in [0.1, 0.15) is 5.69 Å². The quantitative estimate of drug-likeness (QED) is 0.606. The third kappa shape index (κ3) is 1.62. The Morgan fingerprint density at radius 2 is 2.27 bits per heavy atom. The van der Waals surface area contributed by atoms with Gasteiger partial charge >= 0.3 is 0 Å². The summed E-state index contributed by atoms with van der Waals surface area (Å²) in [6.45, 7) is 0. The summed E-state index contributed by atoms with van der Waals surface area (Å²) in [5, 5.41) is 0. The van der Waals surface area contributed by atoms with Crippen LogP contribution in [0.1, 0.15) is 10.5 Å². The molecule has 0 aromatic carbocycles. The fraction of sp³-hybridized carbons (Fsp3) is 0.200. The Bertz CT molecular complexity index is 250. The molecule has 4 N–H and O–H groups in total. The number of rotatable bonds is 1. The summed E-state index contributed by atoms with van der Waals surface area (Å²) in [6, 6.07) is 0. The van der Waals surface area contributed by atoms with Gasteiger partial charge in [-0.05, 0) is 0 Å². The van der Waals surface area contributed by atoms with Gasteiger partial charge in [0.15, 0.2) is 5.82 Å². The summed E-state index contributed by atoms with van der Waals surface area (Å²) in [5.41, 5.74) is 10.5. The molecule has 0 aliphatic carbocycles. The monoisotopic (exact) mass is 176 g/mol. The van der Waals surface area contributed by atoms with Gasteiger partial charge in [-0.25, -0.2) is 4.98 Å². The first-order valence-electron chi connectivity index (χ1n) is 2.69. The van der Waals surface area contributed by atoms with Crippen LogP contribution in [0.3, 0.4) is 0 Å². The van der Waals surface area contributed by atoms with Crippen LogP contribution >= 0.6 is 12.4 Å². The van der Waals surface area contributed by atoms with Gasteiger partial charge in [0.2, 0.25) is 0 Å². The van der Waals surface area contributed by atoms with Crippen molar-refractivity contribution in [2.24, 2.45) is 12.8 Å². The molecule has 0 aliphatic rings. The van der Waals surface area contributed by atoms with Gasteiger partial charge in [-0.15, -0.1) is 12.4 Å². The number of primary amides is 1. The van der Waals surface area contributed by atoms with E-state index < -0.39 is 5.91 Å². The second-order valence-corrected chi connectivity index (χ2v) is 1.95. The number of imidazole rings is 1. The standard InChI is InChI=1S/C5H8N4O.ClH/c1-9-2-8-4(6)3(9)5(7)10;/h2H,6H2,1H3,(H2,7,10);1H. The maximum atomic E-state index is 10.6. The van der Waals surface area contributed by atoms with Crippen LogP contribution in [0.15, 0.2) is 6.33 Å². The maximum Gasteiger partial charge on any atom is 0.269 e. The summed E-state index contributed by atoms with van der Waals surface area (Å²) in [5.74, 6) is -0.382. The summed E-state index contributed by atoms with van der Waals surface area (Å²) in [7, 11) is 1.66. The first-order valence-corrected chi connectivity index (χ1v) is 2.69. The zero-order chi connectivity index (χ0) is 7.72. The zero-order valence-corrected chi connectivity index (χ0v) is 6.76. The Kier molecular flexibility index (Phi) is 2.88. The van der Waals surface area contributed by atoms with Crippen LogP contribution in [0.4, 0.5) is 5.82 Å². The van der Waals surface area contributed by atoms with E-state index in [1.165, 1.54) is 10.9 Å². The number of amides is 1. The average Bonchev–Trinajstić information content (AvgIpc) is 2.11. The molecule has 6 heteroatoms. The van der Waals surface area contributed by atoms with Crippen molar-refractivity contribution in [3.63, 3.8) is 0 Å². The van der Waals surface area contributed by atoms with Crippen molar-refractivity contribution in [3.8, 4) is 0 Å². The van der Waals surface area contributed by atoms with Crippen molar-refractivity contribution in [1.82, 2.24) is 9.55 Å². The lowest BCUT2D eigenvalue weighted by molar-refractivity contribution is 0.0993. The lowest BCUT2D eigenvalue weighted by Crippen LogP contribution is -2.16. The third-order valence-electron chi connectivity index (χ3n) is 1.20. The van der Waals surface area contributed by atoms with E-state index in [1.807, 2.05) is 0 Å². The number of nitrogens with zero attached hydrogens (tertiary/aromatic N) is 2. The molecule has 0 aliphatic heterocycles. The highest BCUT2D eigenvalue weighted by atomic mass is 35.5. The smallest absolute Gasteiger partial charge is 0.269 e.